The molecule has 0 fully saturated rings. The number of anilines is 4. The first-order valence-corrected chi connectivity index (χ1v) is 11.0. The molecule has 0 aliphatic heterocycles. The highest BCUT2D eigenvalue weighted by atomic mass is 35.5. The van der Waals surface area contributed by atoms with Crippen LogP contribution in [0, 0.1) is 5.82 Å². The van der Waals surface area contributed by atoms with Crippen molar-refractivity contribution < 1.29 is 4.39 Å². The minimum absolute atomic E-state index is 0.00232. The molecule has 1 aromatic carbocycles. The molecule has 0 aliphatic carbocycles. The van der Waals surface area contributed by atoms with Gasteiger partial charge in [-0.25, -0.2) is 14.4 Å². The quantitative estimate of drug-likeness (QED) is 0.277. The van der Waals surface area contributed by atoms with Gasteiger partial charge >= 0.3 is 0 Å². The van der Waals surface area contributed by atoms with Crippen molar-refractivity contribution in [2.45, 2.75) is 19.3 Å². The fourth-order valence-corrected chi connectivity index (χ4v) is 3.83. The average molecular weight is 504 g/mol. The van der Waals surface area contributed by atoms with Gasteiger partial charge in [0.15, 0.2) is 5.82 Å². The summed E-state index contributed by atoms with van der Waals surface area (Å²) in [6, 6.07) is 5.82. The van der Waals surface area contributed by atoms with Gasteiger partial charge in [0, 0.05) is 13.0 Å². The van der Waals surface area contributed by atoms with Gasteiger partial charge in [-0.05, 0) is 37.1 Å². The van der Waals surface area contributed by atoms with Gasteiger partial charge in [0.05, 0.1) is 27.8 Å². The summed E-state index contributed by atoms with van der Waals surface area (Å²) in [5.74, 6) is 0.525. The lowest BCUT2D eigenvalue weighted by Crippen LogP contribution is -2.24. The number of rotatable bonds is 7. The minimum Gasteiger partial charge on any atom is -0.384 e. The van der Waals surface area contributed by atoms with Crippen molar-refractivity contribution >= 4 is 57.5 Å². The lowest BCUT2D eigenvalue weighted by molar-refractivity contribution is 0.629. The van der Waals surface area contributed by atoms with Gasteiger partial charge in [0.1, 0.15) is 28.3 Å². The molecular weight excluding hydrogens is 484 g/mol. The zero-order chi connectivity index (χ0) is 24.4. The van der Waals surface area contributed by atoms with Crippen molar-refractivity contribution in [3.8, 4) is 5.69 Å². The first-order valence-electron chi connectivity index (χ1n) is 10.2. The molecule has 0 aliphatic rings. The van der Waals surface area contributed by atoms with Crippen LogP contribution in [-0.2, 0) is 6.42 Å². The lowest BCUT2D eigenvalue weighted by Gasteiger charge is -2.14. The normalized spacial score (nSPS) is 11.1. The molecule has 4 rings (SSSR count). The molecule has 10 nitrogen and oxygen atoms in total. The van der Waals surface area contributed by atoms with Gasteiger partial charge < -0.3 is 22.5 Å². The van der Waals surface area contributed by atoms with Crippen molar-refractivity contribution in [1.29, 1.82) is 0 Å². The van der Waals surface area contributed by atoms with Crippen LogP contribution in [0.2, 0.25) is 10.0 Å². The Balaban J connectivity index is 1.59. The van der Waals surface area contributed by atoms with Crippen LogP contribution in [0.1, 0.15) is 18.7 Å². The summed E-state index contributed by atoms with van der Waals surface area (Å²) in [6.45, 7) is 0.508. The summed E-state index contributed by atoms with van der Waals surface area (Å²) in [4.78, 5) is 29.8. The summed E-state index contributed by atoms with van der Waals surface area (Å²) in [6.07, 6.45) is 3.22. The number of fused-ring (bicyclic) bond motifs is 1. The topological polar surface area (TPSA) is 164 Å². The van der Waals surface area contributed by atoms with E-state index in [1.54, 1.807) is 12.1 Å². The highest BCUT2D eigenvalue weighted by Gasteiger charge is 2.17. The Morgan fingerprint density at radius 3 is 2.53 bits per heavy atom. The number of aryl methyl sites for hydroxylation is 1. The summed E-state index contributed by atoms with van der Waals surface area (Å²) in [5.41, 5.74) is 17.2. The molecule has 0 radical (unpaired) electrons. The Labute approximate surface area is 202 Å². The van der Waals surface area contributed by atoms with Crippen LogP contribution >= 0.6 is 23.2 Å². The van der Waals surface area contributed by atoms with E-state index >= 15 is 0 Å². The largest absolute Gasteiger partial charge is 0.384 e. The van der Waals surface area contributed by atoms with Crippen molar-refractivity contribution in [2.24, 2.45) is 0 Å². The maximum atomic E-state index is 14.0. The van der Waals surface area contributed by atoms with Gasteiger partial charge in [-0.3, -0.25) is 9.36 Å². The number of hydrogen-bond acceptors (Lipinski definition) is 9. The van der Waals surface area contributed by atoms with Crippen molar-refractivity contribution in [3.63, 3.8) is 0 Å². The monoisotopic (exact) mass is 503 g/mol. The Hall–Kier alpha value is -3.70. The molecule has 7 N–H and O–H groups in total. The molecule has 13 heteroatoms. The molecule has 0 spiro atoms. The third kappa shape index (κ3) is 4.66. The van der Waals surface area contributed by atoms with Crippen molar-refractivity contribution in [2.75, 3.05) is 29.1 Å². The Kier molecular flexibility index (Phi) is 6.66. The fraction of sp³-hybridized carbons (Fsp3) is 0.190. The number of hydrogen-bond donors (Lipinski definition) is 4. The maximum absolute atomic E-state index is 14.0. The molecule has 0 saturated heterocycles. The zero-order valence-electron chi connectivity index (χ0n) is 17.7. The van der Waals surface area contributed by atoms with E-state index < -0.39 is 11.4 Å². The van der Waals surface area contributed by atoms with Crippen LogP contribution in [0.3, 0.4) is 0 Å². The molecule has 0 bridgehead atoms. The highest BCUT2D eigenvalue weighted by molar-refractivity contribution is 6.35. The van der Waals surface area contributed by atoms with Crippen molar-refractivity contribution in [1.82, 2.24) is 24.5 Å². The van der Waals surface area contributed by atoms with Crippen LogP contribution < -0.4 is 28.1 Å². The van der Waals surface area contributed by atoms with E-state index in [0.29, 0.717) is 54.5 Å². The highest BCUT2D eigenvalue weighted by Crippen LogP contribution is 2.26. The number of halogens is 3. The van der Waals surface area contributed by atoms with Gasteiger partial charge in [0.25, 0.3) is 5.56 Å². The summed E-state index contributed by atoms with van der Waals surface area (Å²) in [7, 11) is 0. The standard InChI is InChI=1S/C21H20Cl2FN9O/c22-16-11(24)5-6-12-15(16)20(34)33(10-4-7-13(25)29-9-10)14(30-12)3-1-2-8-28-19-17(23)18(26)31-21(27)32-19/h4-7,9H,1-3,8H2,(H2,25,29)(H5,26,27,28,31,32). The van der Waals surface area contributed by atoms with Crippen LogP contribution in [0.25, 0.3) is 16.6 Å². The van der Waals surface area contributed by atoms with E-state index in [1.165, 1.54) is 22.9 Å². The molecule has 0 atom stereocenters. The van der Waals surface area contributed by atoms with Crippen LogP contribution in [-0.4, -0.2) is 31.0 Å². The average Bonchev–Trinajstić information content (AvgIpc) is 2.80. The van der Waals surface area contributed by atoms with Crippen LogP contribution in [0.5, 0.6) is 0 Å². The third-order valence-corrected chi connectivity index (χ3v) is 5.78. The molecule has 3 heterocycles. The zero-order valence-corrected chi connectivity index (χ0v) is 19.2. The first-order chi connectivity index (χ1) is 16.3. The van der Waals surface area contributed by atoms with Crippen LogP contribution in [0.15, 0.2) is 35.3 Å². The number of aromatic nitrogens is 5. The maximum Gasteiger partial charge on any atom is 0.267 e. The summed E-state index contributed by atoms with van der Waals surface area (Å²) >= 11 is 12.2. The van der Waals surface area contributed by atoms with Gasteiger partial charge in [0.2, 0.25) is 5.95 Å². The SMILES string of the molecule is Nc1ccc(-n2c(CCCCNc3nc(N)nc(N)c3Cl)nc3ccc(F)c(Cl)c3c2=O)cn1. The third-order valence-electron chi connectivity index (χ3n) is 5.04. The fourth-order valence-electron chi connectivity index (χ4n) is 3.43. The van der Waals surface area contributed by atoms with E-state index in [9.17, 15) is 9.18 Å². The van der Waals surface area contributed by atoms with Gasteiger partial charge in [-0.15, -0.1) is 0 Å². The summed E-state index contributed by atoms with van der Waals surface area (Å²) < 4.78 is 15.4. The number of unbranched alkanes of at least 4 members (excludes halogenated alkanes) is 1. The molecule has 0 amide bonds. The van der Waals surface area contributed by atoms with Gasteiger partial charge in [-0.1, -0.05) is 23.2 Å². The van der Waals surface area contributed by atoms with E-state index in [0.717, 1.165) is 0 Å². The molecule has 176 valence electrons. The number of nitrogens with zero attached hydrogens (tertiary/aromatic N) is 5. The van der Waals surface area contributed by atoms with E-state index in [-0.39, 0.29) is 27.2 Å². The van der Waals surface area contributed by atoms with E-state index in [1.807, 2.05) is 0 Å². The van der Waals surface area contributed by atoms with Gasteiger partial charge in [-0.2, -0.15) is 9.97 Å². The molecule has 4 aromatic rings. The second-order valence-corrected chi connectivity index (χ2v) is 8.13. The number of pyridine rings is 1. The minimum atomic E-state index is -0.696. The molecule has 34 heavy (non-hydrogen) atoms. The molecule has 3 aromatic heterocycles. The second kappa shape index (κ2) is 9.65. The number of benzene rings is 1. The number of nitrogens with one attached hydrogen (secondary N) is 1. The lowest BCUT2D eigenvalue weighted by atomic mass is 10.2. The van der Waals surface area contributed by atoms with Crippen LogP contribution in [0.4, 0.5) is 27.8 Å². The predicted octanol–water partition coefficient (Wildman–Crippen LogP) is 3.20. The molecule has 0 saturated carbocycles. The van der Waals surface area contributed by atoms with E-state index in [2.05, 4.69) is 25.3 Å². The van der Waals surface area contributed by atoms with E-state index in [4.69, 9.17) is 40.4 Å². The second-order valence-electron chi connectivity index (χ2n) is 7.38. The Bertz CT molecular complexity index is 1430. The number of nitrogens with two attached hydrogens (primary N) is 3. The first kappa shape index (κ1) is 23.5. The molecule has 0 unspecified atom stereocenters. The Morgan fingerprint density at radius 2 is 1.79 bits per heavy atom. The Morgan fingerprint density at radius 1 is 1.00 bits per heavy atom. The predicted molar refractivity (Wildman–Crippen MR) is 132 cm³/mol. The number of nitrogen functional groups attached to an aromatic ring is 3. The summed E-state index contributed by atoms with van der Waals surface area (Å²) in [5, 5.41) is 2.99. The smallest absolute Gasteiger partial charge is 0.267 e. The van der Waals surface area contributed by atoms with Crippen molar-refractivity contribution in [3.05, 3.63) is 62.5 Å². The molecular formula is C21H20Cl2FN9O.